The van der Waals surface area contributed by atoms with Gasteiger partial charge in [0, 0.05) is 30.3 Å². The van der Waals surface area contributed by atoms with Gasteiger partial charge in [-0.15, -0.1) is 0 Å². The lowest BCUT2D eigenvalue weighted by Crippen LogP contribution is -2.48. The van der Waals surface area contributed by atoms with Crippen molar-refractivity contribution in [3.8, 4) is 0 Å². The normalized spacial score (nSPS) is 28.2. The first-order valence-electron chi connectivity index (χ1n) is 9.64. The van der Waals surface area contributed by atoms with Crippen molar-refractivity contribution < 1.29 is 13.8 Å². The highest BCUT2D eigenvalue weighted by molar-refractivity contribution is 7.85. The second-order valence-corrected chi connectivity index (χ2v) is 9.11. The third-order valence-electron chi connectivity index (χ3n) is 5.94. The number of hydrogen-bond acceptors (Lipinski definition) is 3. The molecule has 1 aromatic carbocycles. The molecule has 3 unspecified atom stereocenters. The van der Waals surface area contributed by atoms with Gasteiger partial charge in [0.2, 0.25) is 11.8 Å². The Morgan fingerprint density at radius 1 is 1.12 bits per heavy atom. The topological polar surface area (TPSA) is 57.7 Å². The van der Waals surface area contributed by atoms with Crippen LogP contribution < -0.4 is 0 Å². The van der Waals surface area contributed by atoms with Crippen LogP contribution >= 0.6 is 0 Å². The minimum absolute atomic E-state index is 0.00857. The van der Waals surface area contributed by atoms with Crippen molar-refractivity contribution in [3.63, 3.8) is 0 Å². The Kier molecular flexibility index (Phi) is 5.11. The number of benzene rings is 1. The van der Waals surface area contributed by atoms with Crippen molar-refractivity contribution in [2.75, 3.05) is 24.7 Å². The maximum atomic E-state index is 13.0. The minimum Gasteiger partial charge on any atom is -0.341 e. The molecule has 0 N–H and O–H groups in total. The summed E-state index contributed by atoms with van der Waals surface area (Å²) in [6.07, 6.45) is 5.63. The average molecular weight is 375 g/mol. The molecular weight excluding hydrogens is 348 g/mol. The average Bonchev–Trinajstić information content (AvgIpc) is 3.31. The van der Waals surface area contributed by atoms with E-state index in [1.165, 1.54) is 11.1 Å². The van der Waals surface area contributed by atoms with Crippen molar-refractivity contribution >= 4 is 22.6 Å². The second-order valence-electron chi connectivity index (χ2n) is 7.64. The molecule has 0 bridgehead atoms. The van der Waals surface area contributed by atoms with E-state index in [1.54, 1.807) is 4.90 Å². The van der Waals surface area contributed by atoms with Gasteiger partial charge in [-0.25, -0.2) is 0 Å². The van der Waals surface area contributed by atoms with Gasteiger partial charge >= 0.3 is 0 Å². The number of hydrogen-bond donors (Lipinski definition) is 0. The lowest BCUT2D eigenvalue weighted by Gasteiger charge is -2.30. The van der Waals surface area contributed by atoms with E-state index in [-0.39, 0.29) is 23.6 Å². The van der Waals surface area contributed by atoms with Crippen LogP contribution in [-0.4, -0.2) is 56.6 Å². The monoisotopic (exact) mass is 374 g/mol. The summed E-state index contributed by atoms with van der Waals surface area (Å²) >= 11 is 0. The molecule has 5 nitrogen and oxygen atoms in total. The Balaban J connectivity index is 1.48. The fourth-order valence-electron chi connectivity index (χ4n) is 4.56. The molecule has 2 amide bonds. The number of carbonyl (C=O) groups is 2. The smallest absolute Gasteiger partial charge is 0.246 e. The van der Waals surface area contributed by atoms with E-state index in [9.17, 15) is 13.8 Å². The molecule has 0 saturated carbocycles. The number of fused-ring (bicyclic) bond motifs is 1. The van der Waals surface area contributed by atoms with Crippen LogP contribution in [0.2, 0.25) is 0 Å². The second kappa shape index (κ2) is 7.51. The summed E-state index contributed by atoms with van der Waals surface area (Å²) in [6, 6.07) is 7.84. The highest BCUT2D eigenvalue weighted by atomic mass is 32.2. The molecule has 2 heterocycles. The standard InChI is InChI=1S/C20H26N2O3S/c23-19(12-16-8-5-7-15-6-1-2-9-17(15)16)22-14-26(25)13-18(22)20(24)21-10-3-4-11-21/h1-2,6,9,16,18H,3-5,7-8,10-14H2. The Hall–Kier alpha value is -1.69. The summed E-state index contributed by atoms with van der Waals surface area (Å²) in [5, 5.41) is 0. The lowest BCUT2D eigenvalue weighted by molar-refractivity contribution is -0.143. The molecule has 0 aromatic heterocycles. The van der Waals surface area contributed by atoms with Crippen molar-refractivity contribution in [2.45, 2.75) is 50.5 Å². The summed E-state index contributed by atoms with van der Waals surface area (Å²) < 4.78 is 12.1. The van der Waals surface area contributed by atoms with Crippen molar-refractivity contribution in [1.82, 2.24) is 9.80 Å². The maximum absolute atomic E-state index is 13.0. The summed E-state index contributed by atoms with van der Waals surface area (Å²) in [7, 11) is -1.12. The zero-order chi connectivity index (χ0) is 18.1. The quantitative estimate of drug-likeness (QED) is 0.813. The zero-order valence-corrected chi connectivity index (χ0v) is 15.9. The number of aryl methyl sites for hydroxylation is 1. The molecule has 4 rings (SSSR count). The van der Waals surface area contributed by atoms with E-state index in [2.05, 4.69) is 18.2 Å². The largest absolute Gasteiger partial charge is 0.341 e. The van der Waals surface area contributed by atoms with Crippen molar-refractivity contribution in [1.29, 1.82) is 0 Å². The predicted molar refractivity (Wildman–Crippen MR) is 101 cm³/mol. The van der Waals surface area contributed by atoms with E-state index in [0.29, 0.717) is 12.2 Å². The summed E-state index contributed by atoms with van der Waals surface area (Å²) in [6.45, 7) is 1.53. The Morgan fingerprint density at radius 3 is 2.69 bits per heavy atom. The number of rotatable bonds is 3. The van der Waals surface area contributed by atoms with Crippen molar-refractivity contribution in [2.24, 2.45) is 0 Å². The third kappa shape index (κ3) is 3.43. The molecule has 3 aliphatic rings. The zero-order valence-electron chi connectivity index (χ0n) is 15.1. The van der Waals surface area contributed by atoms with E-state index >= 15 is 0 Å². The fraction of sp³-hybridized carbons (Fsp3) is 0.600. The van der Waals surface area contributed by atoms with Gasteiger partial charge in [-0.05, 0) is 49.1 Å². The van der Waals surface area contributed by atoms with Gasteiger partial charge in [-0.2, -0.15) is 0 Å². The minimum atomic E-state index is -1.12. The van der Waals surface area contributed by atoms with Gasteiger partial charge in [0.05, 0.1) is 11.6 Å². The van der Waals surface area contributed by atoms with Crippen LogP contribution in [0.4, 0.5) is 0 Å². The molecule has 0 radical (unpaired) electrons. The van der Waals surface area contributed by atoms with Crippen LogP contribution in [0.25, 0.3) is 0 Å². The Bertz CT molecular complexity index is 730. The molecule has 6 heteroatoms. The molecular formula is C20H26N2O3S. The van der Waals surface area contributed by atoms with Crippen LogP contribution in [0, 0.1) is 0 Å². The number of likely N-dealkylation sites (tertiary alicyclic amines) is 1. The van der Waals surface area contributed by atoms with Gasteiger partial charge in [0.1, 0.15) is 6.04 Å². The fourth-order valence-corrected chi connectivity index (χ4v) is 5.97. The van der Waals surface area contributed by atoms with Crippen molar-refractivity contribution in [3.05, 3.63) is 35.4 Å². The molecule has 3 atom stereocenters. The third-order valence-corrected chi connectivity index (χ3v) is 7.19. The van der Waals surface area contributed by atoms with Gasteiger partial charge in [-0.3, -0.25) is 13.8 Å². The molecule has 0 spiro atoms. The highest BCUT2D eigenvalue weighted by Gasteiger charge is 2.41. The summed E-state index contributed by atoms with van der Waals surface area (Å²) in [5.74, 6) is 0.685. The van der Waals surface area contributed by atoms with Crippen LogP contribution in [0.3, 0.4) is 0 Å². The van der Waals surface area contributed by atoms with E-state index in [0.717, 1.165) is 45.2 Å². The van der Waals surface area contributed by atoms with Crippen LogP contribution in [0.15, 0.2) is 24.3 Å². The maximum Gasteiger partial charge on any atom is 0.246 e. The van der Waals surface area contributed by atoms with Gasteiger partial charge in [0.25, 0.3) is 0 Å². The first-order valence-corrected chi connectivity index (χ1v) is 11.1. The van der Waals surface area contributed by atoms with Crippen LogP contribution in [0.5, 0.6) is 0 Å². The van der Waals surface area contributed by atoms with E-state index in [4.69, 9.17) is 0 Å². The van der Waals surface area contributed by atoms with Gasteiger partial charge < -0.3 is 9.80 Å². The molecule has 26 heavy (non-hydrogen) atoms. The van der Waals surface area contributed by atoms with Crippen LogP contribution in [0.1, 0.15) is 49.1 Å². The van der Waals surface area contributed by atoms with E-state index in [1.807, 2.05) is 11.0 Å². The Labute approximate surface area is 157 Å². The molecule has 2 saturated heterocycles. The van der Waals surface area contributed by atoms with Gasteiger partial charge in [-0.1, -0.05) is 24.3 Å². The van der Waals surface area contributed by atoms with Gasteiger partial charge in [0.15, 0.2) is 0 Å². The summed E-state index contributed by atoms with van der Waals surface area (Å²) in [4.78, 5) is 29.3. The Morgan fingerprint density at radius 2 is 1.88 bits per heavy atom. The SMILES string of the molecule is O=C(C1CS(=O)CN1C(=O)CC1CCCc2ccccc21)N1CCCC1. The first kappa shape index (κ1) is 17.7. The molecule has 140 valence electrons. The van der Waals surface area contributed by atoms with E-state index < -0.39 is 16.8 Å². The lowest BCUT2D eigenvalue weighted by atomic mass is 9.81. The number of amides is 2. The number of carbonyl (C=O) groups excluding carboxylic acids is 2. The van der Waals surface area contributed by atoms with Crippen LogP contribution in [-0.2, 0) is 26.8 Å². The highest BCUT2D eigenvalue weighted by Crippen LogP contribution is 2.35. The number of nitrogens with zero attached hydrogens (tertiary/aromatic N) is 2. The predicted octanol–water partition coefficient (Wildman–Crippen LogP) is 2.04. The summed E-state index contributed by atoms with van der Waals surface area (Å²) in [5.41, 5.74) is 2.61. The molecule has 2 fully saturated rings. The first-order chi connectivity index (χ1) is 12.6. The molecule has 2 aliphatic heterocycles. The molecule has 1 aliphatic carbocycles. The molecule has 1 aromatic rings.